The van der Waals surface area contributed by atoms with Crippen LogP contribution in [0.2, 0.25) is 0 Å². The molecule has 2 heterocycles. The van der Waals surface area contributed by atoms with Crippen LogP contribution in [0.4, 0.5) is 42.9 Å². The van der Waals surface area contributed by atoms with Gasteiger partial charge in [-0.15, -0.1) is 0 Å². The van der Waals surface area contributed by atoms with Crippen LogP contribution in [0, 0.1) is 11.6 Å². The molecule has 0 N–H and O–H groups in total. The third-order valence-corrected chi connectivity index (χ3v) is 13.1. The Balaban J connectivity index is 1.12. The number of halogens is 2. The molecule has 64 heavy (non-hydrogen) atoms. The molecule has 4 nitrogen and oxygen atoms in total. The Morgan fingerprint density at radius 2 is 0.703 bits per heavy atom. The highest BCUT2D eigenvalue weighted by molar-refractivity contribution is 6.28. The summed E-state index contributed by atoms with van der Waals surface area (Å²) in [6.45, 7) is 8.74. The zero-order valence-electron chi connectivity index (χ0n) is 35.8. The Labute approximate surface area is 368 Å². The lowest BCUT2D eigenvalue weighted by Gasteiger charge is -2.29. The van der Waals surface area contributed by atoms with Crippen LogP contribution in [0.3, 0.4) is 0 Å². The van der Waals surface area contributed by atoms with Gasteiger partial charge in [0.15, 0.2) is 11.2 Å². The van der Waals surface area contributed by atoms with E-state index in [1.165, 1.54) is 24.3 Å². The van der Waals surface area contributed by atoms with Gasteiger partial charge in [-0.25, -0.2) is 8.78 Å². The smallest absolute Gasteiger partial charge is 0.159 e. The SMILES string of the molecule is CC(C)c1cccc2c1oc1c(N(c3ccc(F)cc3)c3ccc4ccc5c(N(c6ccc(F)cc6)c6cccc7c6oc6c(C(C)C)cccc67)ccc6ccc3c4c65)cccc12. The fraction of sp³-hybridized carbons (Fsp3) is 0.103. The minimum absolute atomic E-state index is 0.270. The van der Waals surface area contributed by atoms with Crippen molar-refractivity contribution in [2.24, 2.45) is 0 Å². The lowest BCUT2D eigenvalue weighted by atomic mass is 9.91. The Morgan fingerprint density at radius 3 is 1.09 bits per heavy atom. The molecule has 0 bridgehead atoms. The Morgan fingerprint density at radius 1 is 0.344 bits per heavy atom. The minimum Gasteiger partial charge on any atom is -0.454 e. The van der Waals surface area contributed by atoms with Crippen molar-refractivity contribution in [1.29, 1.82) is 0 Å². The van der Waals surface area contributed by atoms with Crippen molar-refractivity contribution in [1.82, 2.24) is 0 Å². The molecule has 0 aliphatic heterocycles. The van der Waals surface area contributed by atoms with Gasteiger partial charge in [0, 0.05) is 43.7 Å². The number of furan rings is 2. The van der Waals surface area contributed by atoms with Crippen LogP contribution >= 0.6 is 0 Å². The first-order chi connectivity index (χ1) is 31.2. The summed E-state index contributed by atoms with van der Waals surface area (Å²) in [6, 6.07) is 56.1. The van der Waals surface area contributed by atoms with E-state index in [9.17, 15) is 8.78 Å². The summed E-state index contributed by atoms with van der Waals surface area (Å²) in [4.78, 5) is 4.40. The van der Waals surface area contributed by atoms with Crippen molar-refractivity contribution in [2.75, 3.05) is 9.80 Å². The van der Waals surface area contributed by atoms with E-state index in [1.54, 1.807) is 0 Å². The summed E-state index contributed by atoms with van der Waals surface area (Å²) in [5, 5.41) is 10.6. The Bertz CT molecular complexity index is 3520. The maximum atomic E-state index is 14.7. The van der Waals surface area contributed by atoms with Gasteiger partial charge in [-0.3, -0.25) is 0 Å². The van der Waals surface area contributed by atoms with Crippen LogP contribution in [0.15, 0.2) is 179 Å². The lowest BCUT2D eigenvalue weighted by molar-refractivity contribution is 0.627. The van der Waals surface area contributed by atoms with E-state index >= 15 is 0 Å². The monoisotopic (exact) mass is 836 g/mol. The molecule has 0 saturated heterocycles. The number of para-hydroxylation sites is 4. The van der Waals surface area contributed by atoms with Gasteiger partial charge in [-0.2, -0.15) is 0 Å². The zero-order chi connectivity index (χ0) is 43.4. The molecule has 0 unspecified atom stereocenters. The van der Waals surface area contributed by atoms with Gasteiger partial charge in [0.1, 0.15) is 22.8 Å². The van der Waals surface area contributed by atoms with Crippen molar-refractivity contribution >= 4 is 110 Å². The van der Waals surface area contributed by atoms with Crippen LogP contribution in [-0.4, -0.2) is 0 Å². The third kappa shape index (κ3) is 5.71. The van der Waals surface area contributed by atoms with Gasteiger partial charge in [-0.05, 0) is 117 Å². The lowest BCUT2D eigenvalue weighted by Crippen LogP contribution is -2.12. The maximum Gasteiger partial charge on any atom is 0.159 e. The highest BCUT2D eigenvalue weighted by atomic mass is 19.1. The first-order valence-corrected chi connectivity index (χ1v) is 21.9. The molecule has 0 saturated carbocycles. The third-order valence-electron chi connectivity index (χ3n) is 13.1. The van der Waals surface area contributed by atoms with E-state index in [4.69, 9.17) is 8.83 Å². The molecule has 10 aromatic carbocycles. The molecule has 0 atom stereocenters. The van der Waals surface area contributed by atoms with Crippen molar-refractivity contribution in [3.05, 3.63) is 193 Å². The molecule has 12 rings (SSSR count). The van der Waals surface area contributed by atoms with Crippen LogP contribution < -0.4 is 9.80 Å². The zero-order valence-corrected chi connectivity index (χ0v) is 35.8. The second-order valence-corrected chi connectivity index (χ2v) is 17.5. The van der Waals surface area contributed by atoms with E-state index in [-0.39, 0.29) is 23.5 Å². The molecule has 0 amide bonds. The molecule has 12 aromatic rings. The van der Waals surface area contributed by atoms with Crippen molar-refractivity contribution < 1.29 is 17.6 Å². The number of hydrogen-bond donors (Lipinski definition) is 0. The van der Waals surface area contributed by atoms with Crippen LogP contribution in [-0.2, 0) is 0 Å². The summed E-state index contributed by atoms with van der Waals surface area (Å²) >= 11 is 0. The highest BCUT2D eigenvalue weighted by Gasteiger charge is 2.26. The topological polar surface area (TPSA) is 32.8 Å². The van der Waals surface area contributed by atoms with Gasteiger partial charge in [0.05, 0.1) is 22.7 Å². The summed E-state index contributed by atoms with van der Waals surface area (Å²) in [7, 11) is 0. The fourth-order valence-corrected chi connectivity index (χ4v) is 10.1. The van der Waals surface area contributed by atoms with E-state index in [2.05, 4.69) is 159 Å². The van der Waals surface area contributed by atoms with E-state index < -0.39 is 0 Å². The molecule has 0 radical (unpaired) electrons. The molecule has 6 heteroatoms. The molecule has 0 spiro atoms. The first-order valence-electron chi connectivity index (χ1n) is 21.9. The number of benzene rings is 10. The van der Waals surface area contributed by atoms with E-state index in [0.717, 1.165) is 121 Å². The summed E-state index contributed by atoms with van der Waals surface area (Å²) in [5.74, 6) is -0.0717. The van der Waals surface area contributed by atoms with Gasteiger partial charge in [0.2, 0.25) is 0 Å². The van der Waals surface area contributed by atoms with Gasteiger partial charge in [0.25, 0.3) is 0 Å². The van der Waals surface area contributed by atoms with Gasteiger partial charge < -0.3 is 18.6 Å². The molecule has 0 fully saturated rings. The van der Waals surface area contributed by atoms with Crippen LogP contribution in [0.25, 0.3) is 76.2 Å². The predicted octanol–water partition coefficient (Wildman–Crippen LogP) is 17.8. The number of fused-ring (bicyclic) bond motifs is 6. The molecule has 2 aromatic heterocycles. The van der Waals surface area contributed by atoms with Crippen molar-refractivity contribution in [3.8, 4) is 0 Å². The number of anilines is 6. The fourth-order valence-electron chi connectivity index (χ4n) is 10.1. The molecule has 0 aliphatic carbocycles. The second-order valence-electron chi connectivity index (χ2n) is 17.5. The average molecular weight is 837 g/mol. The van der Waals surface area contributed by atoms with E-state index in [1.807, 2.05) is 24.3 Å². The molecule has 0 aliphatic rings. The minimum atomic E-state index is -0.306. The highest BCUT2D eigenvalue weighted by Crippen LogP contribution is 2.51. The molecular weight excluding hydrogens is 795 g/mol. The normalized spacial score (nSPS) is 12.2. The maximum absolute atomic E-state index is 14.7. The first kappa shape index (κ1) is 38.0. The van der Waals surface area contributed by atoms with Crippen molar-refractivity contribution in [3.63, 3.8) is 0 Å². The molecular formula is C58H42F2N2O2. The van der Waals surface area contributed by atoms with Crippen LogP contribution in [0.5, 0.6) is 0 Å². The summed E-state index contributed by atoms with van der Waals surface area (Å²) < 4.78 is 43.2. The molecule has 310 valence electrons. The number of hydrogen-bond acceptors (Lipinski definition) is 4. The Hall–Kier alpha value is -7.70. The number of nitrogens with zero attached hydrogens (tertiary/aromatic N) is 2. The van der Waals surface area contributed by atoms with Crippen LogP contribution in [0.1, 0.15) is 50.7 Å². The number of rotatable bonds is 8. The van der Waals surface area contributed by atoms with Gasteiger partial charge in [-0.1, -0.05) is 125 Å². The van der Waals surface area contributed by atoms with Crippen molar-refractivity contribution in [2.45, 2.75) is 39.5 Å². The quantitative estimate of drug-likeness (QED) is 0.143. The standard InChI is InChI=1S/C58H42F2N2O2/c1-33(2)41-9-5-11-43-45-13-7-15-51(57(45)63-55(41)43)61(39-25-21-37(59)22-26-39)49-31-19-35-18-30-48-50(32-20-36-17-29-47(49)53(35)54(36)48)62(40-27-23-38(60)24-28-40)52-16-8-14-46-44-12-6-10-42(34(3)4)56(44)64-58(46)52/h5-34H,1-4H3. The summed E-state index contributed by atoms with van der Waals surface area (Å²) in [6.07, 6.45) is 0. The summed E-state index contributed by atoms with van der Waals surface area (Å²) in [5.41, 5.74) is 10.8. The predicted molar refractivity (Wildman–Crippen MR) is 262 cm³/mol. The van der Waals surface area contributed by atoms with E-state index in [0.29, 0.717) is 0 Å². The largest absolute Gasteiger partial charge is 0.454 e. The second kappa shape index (κ2) is 14.4. The Kier molecular flexibility index (Phi) is 8.57. The average Bonchev–Trinajstić information content (AvgIpc) is 3.90. The van der Waals surface area contributed by atoms with Gasteiger partial charge >= 0.3 is 0 Å².